The number of rotatable bonds is 5. The molecule has 1 atom stereocenters. The van der Waals surface area contributed by atoms with Crippen molar-refractivity contribution < 1.29 is 19.1 Å². The number of hydrogen-bond donors (Lipinski definition) is 0. The molecule has 120 valence electrons. The van der Waals surface area contributed by atoms with Crippen LogP contribution in [0.2, 0.25) is 15.1 Å². The van der Waals surface area contributed by atoms with Gasteiger partial charge in [0, 0.05) is 15.6 Å². The third-order valence-electron chi connectivity index (χ3n) is 3.00. The Morgan fingerprint density at radius 2 is 1.83 bits per heavy atom. The van der Waals surface area contributed by atoms with Crippen molar-refractivity contribution in [2.24, 2.45) is 0 Å². The summed E-state index contributed by atoms with van der Waals surface area (Å²) in [6, 6.07) is 9.44. The third kappa shape index (κ3) is 3.96. The highest BCUT2D eigenvalue weighted by atomic mass is 35.5. The minimum Gasteiger partial charge on any atom is -0.472 e. The van der Waals surface area contributed by atoms with E-state index in [1.54, 1.807) is 24.3 Å². The number of carbonyl (C=O) groups is 2. The summed E-state index contributed by atoms with van der Waals surface area (Å²) >= 11 is 18.1. The van der Waals surface area contributed by atoms with E-state index < -0.39 is 12.1 Å². The molecule has 23 heavy (non-hydrogen) atoms. The Morgan fingerprint density at radius 1 is 1.13 bits per heavy atom. The molecule has 0 amide bonds. The molecule has 4 nitrogen and oxygen atoms in total. The molecule has 0 aliphatic rings. The summed E-state index contributed by atoms with van der Waals surface area (Å²) in [5.41, 5.74) is 0.507. The molecule has 0 saturated heterocycles. The Hall–Kier alpha value is -1.75. The van der Waals surface area contributed by atoms with E-state index in [0.717, 1.165) is 0 Å². The van der Waals surface area contributed by atoms with Crippen molar-refractivity contribution in [2.75, 3.05) is 7.11 Å². The molecule has 0 aliphatic carbocycles. The van der Waals surface area contributed by atoms with Crippen LogP contribution in [0.25, 0.3) is 0 Å². The van der Waals surface area contributed by atoms with Crippen LogP contribution in [0, 0.1) is 0 Å². The Morgan fingerprint density at radius 3 is 2.43 bits per heavy atom. The number of aldehydes is 1. The van der Waals surface area contributed by atoms with Crippen molar-refractivity contribution >= 4 is 47.1 Å². The maximum absolute atomic E-state index is 12.1. The highest BCUT2D eigenvalue weighted by molar-refractivity contribution is 6.36. The van der Waals surface area contributed by atoms with Crippen molar-refractivity contribution in [3.63, 3.8) is 0 Å². The summed E-state index contributed by atoms with van der Waals surface area (Å²) in [4.78, 5) is 23.3. The van der Waals surface area contributed by atoms with E-state index in [4.69, 9.17) is 44.3 Å². The van der Waals surface area contributed by atoms with Gasteiger partial charge in [-0.25, -0.2) is 4.79 Å². The molecule has 0 aliphatic heterocycles. The normalized spacial score (nSPS) is 11.7. The molecule has 0 saturated carbocycles. The standard InChI is InChI=1S/C16H11Cl3O4/c1-22-16(21)15(11-4-2-3-5-12(11)18)23-14-9(8-20)6-10(17)7-13(14)19/h2-8,15H,1H3/t15-/m0/s1. The molecule has 0 bridgehead atoms. The second-order valence-corrected chi connectivity index (χ2v) is 5.72. The highest BCUT2D eigenvalue weighted by Crippen LogP contribution is 2.36. The van der Waals surface area contributed by atoms with Crippen molar-refractivity contribution in [3.05, 3.63) is 62.6 Å². The van der Waals surface area contributed by atoms with Gasteiger partial charge in [-0.2, -0.15) is 0 Å². The van der Waals surface area contributed by atoms with Crippen LogP contribution < -0.4 is 4.74 Å². The van der Waals surface area contributed by atoms with Gasteiger partial charge in [-0.05, 0) is 18.2 Å². The summed E-state index contributed by atoms with van der Waals surface area (Å²) < 4.78 is 10.4. The molecule has 2 aromatic rings. The zero-order valence-electron chi connectivity index (χ0n) is 11.9. The fraction of sp³-hybridized carbons (Fsp3) is 0.125. The monoisotopic (exact) mass is 372 g/mol. The van der Waals surface area contributed by atoms with E-state index in [9.17, 15) is 9.59 Å². The van der Waals surface area contributed by atoms with E-state index in [1.807, 2.05) is 0 Å². The Labute approximate surface area is 147 Å². The quantitative estimate of drug-likeness (QED) is 0.560. The molecule has 0 N–H and O–H groups in total. The number of esters is 1. The number of halogens is 3. The first-order chi connectivity index (χ1) is 11.0. The molecule has 2 rings (SSSR count). The van der Waals surface area contributed by atoms with E-state index in [2.05, 4.69) is 0 Å². The summed E-state index contributed by atoms with van der Waals surface area (Å²) in [6.45, 7) is 0. The Balaban J connectivity index is 2.50. The SMILES string of the molecule is COC(=O)[C@@H](Oc1c(Cl)cc(Cl)cc1C=O)c1ccccc1Cl. The van der Waals surface area contributed by atoms with Crippen molar-refractivity contribution in [1.82, 2.24) is 0 Å². The van der Waals surface area contributed by atoms with Gasteiger partial charge in [0.15, 0.2) is 6.29 Å². The van der Waals surface area contributed by atoms with Gasteiger partial charge in [0.25, 0.3) is 0 Å². The summed E-state index contributed by atoms with van der Waals surface area (Å²) in [7, 11) is 1.22. The Bertz CT molecular complexity index is 746. The predicted octanol–water partition coefficient (Wildman–Crippen LogP) is 4.75. The van der Waals surface area contributed by atoms with Crippen LogP contribution in [0.15, 0.2) is 36.4 Å². The van der Waals surface area contributed by atoms with E-state index in [-0.39, 0.29) is 21.4 Å². The fourth-order valence-electron chi connectivity index (χ4n) is 1.94. The number of ether oxygens (including phenoxy) is 2. The van der Waals surface area contributed by atoms with Crippen LogP contribution in [-0.2, 0) is 9.53 Å². The predicted molar refractivity (Wildman–Crippen MR) is 88.7 cm³/mol. The molecule has 0 heterocycles. The van der Waals surface area contributed by atoms with Gasteiger partial charge >= 0.3 is 5.97 Å². The third-order valence-corrected chi connectivity index (χ3v) is 3.85. The Kier molecular flexibility index (Phi) is 5.88. The topological polar surface area (TPSA) is 52.6 Å². The van der Waals surface area contributed by atoms with Crippen molar-refractivity contribution in [1.29, 1.82) is 0 Å². The molecule has 7 heteroatoms. The van der Waals surface area contributed by atoms with Crippen LogP contribution in [0.3, 0.4) is 0 Å². The van der Waals surface area contributed by atoms with Gasteiger partial charge in [-0.1, -0.05) is 53.0 Å². The molecule has 0 spiro atoms. The number of methoxy groups -OCH3 is 1. The van der Waals surface area contributed by atoms with Gasteiger partial charge in [-0.3, -0.25) is 4.79 Å². The number of carbonyl (C=O) groups excluding carboxylic acids is 2. The summed E-state index contributed by atoms with van der Waals surface area (Å²) in [5.74, 6) is -0.651. The second-order valence-electron chi connectivity index (χ2n) is 4.47. The summed E-state index contributed by atoms with van der Waals surface area (Å²) in [6.07, 6.45) is -0.639. The first-order valence-corrected chi connectivity index (χ1v) is 7.54. The maximum Gasteiger partial charge on any atom is 0.351 e. The summed E-state index contributed by atoms with van der Waals surface area (Å²) in [5, 5.41) is 0.693. The zero-order valence-corrected chi connectivity index (χ0v) is 14.2. The average Bonchev–Trinajstić information content (AvgIpc) is 2.53. The maximum atomic E-state index is 12.1. The number of hydrogen-bond acceptors (Lipinski definition) is 4. The average molecular weight is 374 g/mol. The first kappa shape index (κ1) is 17.6. The molecule has 0 unspecified atom stereocenters. The van der Waals surface area contributed by atoms with Gasteiger partial charge in [0.1, 0.15) is 5.75 Å². The molecule has 0 radical (unpaired) electrons. The first-order valence-electron chi connectivity index (χ1n) is 6.41. The lowest BCUT2D eigenvalue weighted by atomic mass is 10.1. The van der Waals surface area contributed by atoms with Crippen LogP contribution in [-0.4, -0.2) is 19.4 Å². The van der Waals surface area contributed by atoms with Crippen LogP contribution in [0.4, 0.5) is 0 Å². The molecule has 2 aromatic carbocycles. The molecule has 0 aromatic heterocycles. The van der Waals surface area contributed by atoms with Gasteiger partial charge in [0.2, 0.25) is 6.10 Å². The van der Waals surface area contributed by atoms with Gasteiger partial charge in [-0.15, -0.1) is 0 Å². The van der Waals surface area contributed by atoms with Crippen LogP contribution >= 0.6 is 34.8 Å². The highest BCUT2D eigenvalue weighted by Gasteiger charge is 2.27. The second kappa shape index (κ2) is 7.68. The number of benzene rings is 2. The largest absolute Gasteiger partial charge is 0.472 e. The van der Waals surface area contributed by atoms with E-state index in [0.29, 0.717) is 16.9 Å². The van der Waals surface area contributed by atoms with Crippen molar-refractivity contribution in [2.45, 2.75) is 6.10 Å². The van der Waals surface area contributed by atoms with Crippen molar-refractivity contribution in [3.8, 4) is 5.75 Å². The molecule has 0 fully saturated rings. The van der Waals surface area contributed by atoms with Crippen LogP contribution in [0.1, 0.15) is 22.0 Å². The lowest BCUT2D eigenvalue weighted by Crippen LogP contribution is -2.21. The minimum atomic E-state index is -1.17. The fourth-order valence-corrected chi connectivity index (χ4v) is 2.73. The van der Waals surface area contributed by atoms with Gasteiger partial charge in [0.05, 0.1) is 17.7 Å². The lowest BCUT2D eigenvalue weighted by molar-refractivity contribution is -0.149. The van der Waals surface area contributed by atoms with E-state index >= 15 is 0 Å². The lowest BCUT2D eigenvalue weighted by Gasteiger charge is -2.20. The molecular formula is C16H11Cl3O4. The van der Waals surface area contributed by atoms with E-state index in [1.165, 1.54) is 19.2 Å². The zero-order chi connectivity index (χ0) is 17.0. The van der Waals surface area contributed by atoms with Gasteiger partial charge < -0.3 is 9.47 Å². The molecular weight excluding hydrogens is 363 g/mol. The minimum absolute atomic E-state index is 0.0291. The smallest absolute Gasteiger partial charge is 0.351 e. The van der Waals surface area contributed by atoms with Crippen LogP contribution in [0.5, 0.6) is 5.75 Å².